The number of thioether (sulfide) groups is 1. The van der Waals surface area contributed by atoms with Crippen molar-refractivity contribution in [3.8, 4) is 0 Å². The lowest BCUT2D eigenvalue weighted by Gasteiger charge is -2.12. The summed E-state index contributed by atoms with van der Waals surface area (Å²) in [5.41, 5.74) is 3.05. The number of carbonyl (C=O) groups is 2. The summed E-state index contributed by atoms with van der Waals surface area (Å²) in [7, 11) is 0. The number of aromatic nitrogens is 1. The molecule has 0 bridgehead atoms. The summed E-state index contributed by atoms with van der Waals surface area (Å²) in [6, 6.07) is 20.0. The average molecular weight is 514 g/mol. The van der Waals surface area contributed by atoms with Gasteiger partial charge >= 0.3 is 0 Å². The van der Waals surface area contributed by atoms with E-state index in [4.69, 9.17) is 34.8 Å². The van der Waals surface area contributed by atoms with Crippen molar-refractivity contribution in [3.63, 3.8) is 0 Å². The van der Waals surface area contributed by atoms with Crippen LogP contribution in [0.25, 0.3) is 17.0 Å². The number of fused-ring (bicyclic) bond motifs is 1. The van der Waals surface area contributed by atoms with E-state index in [9.17, 15) is 9.59 Å². The van der Waals surface area contributed by atoms with Crippen LogP contribution in [0.1, 0.15) is 11.1 Å². The highest BCUT2D eigenvalue weighted by Crippen LogP contribution is 2.38. The Labute approximate surface area is 209 Å². The number of hydrogen-bond acceptors (Lipinski definition) is 3. The second kappa shape index (κ2) is 8.92. The van der Waals surface area contributed by atoms with Crippen LogP contribution in [-0.4, -0.2) is 15.7 Å². The third-order valence-corrected chi connectivity index (χ3v) is 7.17. The topological polar surface area (TPSA) is 42.3 Å². The number of nitrogens with zero attached hydrogens (tertiary/aromatic N) is 2. The number of imide groups is 1. The van der Waals surface area contributed by atoms with Crippen molar-refractivity contribution < 1.29 is 9.59 Å². The Morgan fingerprint density at radius 3 is 2.36 bits per heavy atom. The maximum absolute atomic E-state index is 13.1. The number of rotatable bonds is 4. The summed E-state index contributed by atoms with van der Waals surface area (Å²) in [6.45, 7) is 0.469. The zero-order chi connectivity index (χ0) is 23.1. The molecule has 0 N–H and O–H groups in total. The van der Waals surface area contributed by atoms with Gasteiger partial charge in [0.2, 0.25) is 0 Å². The lowest BCUT2D eigenvalue weighted by molar-refractivity contribution is -0.113. The molecule has 0 spiro atoms. The number of hydrogen-bond donors (Lipinski definition) is 0. The fourth-order valence-corrected chi connectivity index (χ4v) is 5.36. The Bertz CT molecular complexity index is 1440. The zero-order valence-electron chi connectivity index (χ0n) is 17.0. The molecule has 0 saturated carbocycles. The summed E-state index contributed by atoms with van der Waals surface area (Å²) in [6.07, 6.45) is 3.69. The molecule has 0 unspecified atom stereocenters. The number of halogens is 3. The van der Waals surface area contributed by atoms with Gasteiger partial charge in [-0.2, -0.15) is 0 Å². The third kappa shape index (κ3) is 4.18. The lowest BCUT2D eigenvalue weighted by atomic mass is 10.1. The van der Waals surface area contributed by atoms with Crippen LogP contribution in [0.4, 0.5) is 10.5 Å². The minimum atomic E-state index is -0.377. The molecule has 1 aliphatic heterocycles. The van der Waals surface area contributed by atoms with Gasteiger partial charge in [0.1, 0.15) is 0 Å². The summed E-state index contributed by atoms with van der Waals surface area (Å²) < 4.78 is 2.04. The summed E-state index contributed by atoms with van der Waals surface area (Å²) in [4.78, 5) is 27.2. The van der Waals surface area contributed by atoms with Crippen LogP contribution in [0.15, 0.2) is 77.8 Å². The van der Waals surface area contributed by atoms with Crippen LogP contribution in [0.2, 0.25) is 15.1 Å². The Morgan fingerprint density at radius 1 is 0.879 bits per heavy atom. The molecular formula is C25H15Cl3N2O2S. The second-order valence-electron chi connectivity index (χ2n) is 7.43. The molecule has 5 rings (SSSR count). The molecule has 0 aliphatic carbocycles. The fraction of sp³-hybridized carbons (Fsp3) is 0.0400. The zero-order valence-corrected chi connectivity index (χ0v) is 20.1. The van der Waals surface area contributed by atoms with E-state index in [-0.39, 0.29) is 11.1 Å². The molecule has 1 saturated heterocycles. The van der Waals surface area contributed by atoms with Crippen LogP contribution in [0.5, 0.6) is 0 Å². The first-order chi connectivity index (χ1) is 15.9. The minimum absolute atomic E-state index is 0.346. The van der Waals surface area contributed by atoms with Crippen molar-refractivity contribution >= 4 is 80.4 Å². The molecule has 3 aromatic carbocycles. The molecule has 4 nitrogen and oxygen atoms in total. The van der Waals surface area contributed by atoms with Crippen LogP contribution < -0.4 is 4.90 Å². The maximum Gasteiger partial charge on any atom is 0.298 e. The van der Waals surface area contributed by atoms with Crippen molar-refractivity contribution in [2.24, 2.45) is 0 Å². The quantitative estimate of drug-likeness (QED) is 0.261. The standard InChI is InChI=1S/C25H15Cl3N2O2S/c26-16-5-3-6-17(12-16)30-24(31)23(33-25(30)32)11-15-13-29(22-10-2-1-7-18(15)22)14-19-20(27)8-4-9-21(19)28/h1-13H,14H2/b23-11+. The molecule has 0 radical (unpaired) electrons. The van der Waals surface area contributed by atoms with E-state index in [1.165, 1.54) is 0 Å². The molecule has 0 atom stereocenters. The molecular weight excluding hydrogens is 499 g/mol. The first-order valence-corrected chi connectivity index (χ1v) is 11.9. The van der Waals surface area contributed by atoms with Gasteiger partial charge in [-0.25, -0.2) is 4.90 Å². The third-order valence-electron chi connectivity index (χ3n) is 5.36. The molecule has 164 valence electrons. The van der Waals surface area contributed by atoms with Gasteiger partial charge in [0.15, 0.2) is 0 Å². The van der Waals surface area contributed by atoms with E-state index in [0.717, 1.165) is 38.7 Å². The Kier molecular flexibility index (Phi) is 5.97. The monoisotopic (exact) mass is 512 g/mol. The maximum atomic E-state index is 13.1. The largest absolute Gasteiger partial charge is 0.342 e. The summed E-state index contributed by atoms with van der Waals surface area (Å²) >= 11 is 19.7. The van der Waals surface area contributed by atoms with Gasteiger partial charge in [-0.3, -0.25) is 9.59 Å². The highest BCUT2D eigenvalue weighted by Gasteiger charge is 2.36. The van der Waals surface area contributed by atoms with Crippen LogP contribution >= 0.6 is 46.6 Å². The number of carbonyl (C=O) groups excluding carboxylic acids is 2. The molecule has 8 heteroatoms. The van der Waals surface area contributed by atoms with Crippen LogP contribution in [-0.2, 0) is 11.3 Å². The van der Waals surface area contributed by atoms with Gasteiger partial charge in [-0.15, -0.1) is 0 Å². The van der Waals surface area contributed by atoms with Gasteiger partial charge < -0.3 is 4.57 Å². The Morgan fingerprint density at radius 2 is 1.61 bits per heavy atom. The highest BCUT2D eigenvalue weighted by molar-refractivity contribution is 8.19. The predicted molar refractivity (Wildman–Crippen MR) is 137 cm³/mol. The number of para-hydroxylation sites is 1. The van der Waals surface area contributed by atoms with Crippen LogP contribution in [0, 0.1) is 0 Å². The lowest BCUT2D eigenvalue weighted by Crippen LogP contribution is -2.27. The second-order valence-corrected chi connectivity index (χ2v) is 9.67. The van der Waals surface area contributed by atoms with Gasteiger partial charge in [-0.05, 0) is 54.2 Å². The highest BCUT2D eigenvalue weighted by atomic mass is 35.5. The normalized spacial score (nSPS) is 15.2. The molecule has 33 heavy (non-hydrogen) atoms. The van der Waals surface area contributed by atoms with Crippen LogP contribution in [0.3, 0.4) is 0 Å². The first kappa shape index (κ1) is 22.1. The smallest absolute Gasteiger partial charge is 0.298 e. The van der Waals surface area contributed by atoms with E-state index < -0.39 is 0 Å². The Hall–Kier alpha value is -2.70. The van der Waals surface area contributed by atoms with Crippen molar-refractivity contribution in [2.45, 2.75) is 6.54 Å². The van der Waals surface area contributed by atoms with Crippen molar-refractivity contribution in [3.05, 3.63) is 104 Å². The van der Waals surface area contributed by atoms with Crippen molar-refractivity contribution in [1.82, 2.24) is 4.57 Å². The SMILES string of the molecule is O=C1S/C(=C/c2cn(Cc3c(Cl)cccc3Cl)c3ccccc23)C(=O)N1c1cccc(Cl)c1. The average Bonchev–Trinajstić information content (AvgIpc) is 3.27. The molecule has 1 aromatic heterocycles. The van der Waals surface area contributed by atoms with E-state index in [1.807, 2.05) is 41.1 Å². The number of amides is 2. The number of benzene rings is 3. The molecule has 1 aliphatic rings. The van der Waals surface area contributed by atoms with E-state index >= 15 is 0 Å². The number of anilines is 1. The van der Waals surface area contributed by atoms with Crippen molar-refractivity contribution in [2.75, 3.05) is 4.90 Å². The van der Waals surface area contributed by atoms with E-state index in [2.05, 4.69) is 0 Å². The van der Waals surface area contributed by atoms with Gasteiger partial charge in [0.25, 0.3) is 11.1 Å². The summed E-state index contributed by atoms with van der Waals surface area (Å²) in [5.74, 6) is -0.377. The molecule has 1 fully saturated rings. The minimum Gasteiger partial charge on any atom is -0.342 e. The molecule has 4 aromatic rings. The van der Waals surface area contributed by atoms with E-state index in [1.54, 1.807) is 42.5 Å². The molecule has 2 heterocycles. The fourth-order valence-electron chi connectivity index (χ4n) is 3.82. The van der Waals surface area contributed by atoms with Gasteiger partial charge in [0.05, 0.1) is 17.1 Å². The first-order valence-electron chi connectivity index (χ1n) is 9.96. The molecule has 2 amide bonds. The van der Waals surface area contributed by atoms with Crippen molar-refractivity contribution in [1.29, 1.82) is 0 Å². The summed E-state index contributed by atoms with van der Waals surface area (Å²) in [5, 5.41) is 2.22. The van der Waals surface area contributed by atoms with Gasteiger partial charge in [-0.1, -0.05) is 65.1 Å². The van der Waals surface area contributed by atoms with Gasteiger partial charge in [0, 0.05) is 43.3 Å². The Balaban J connectivity index is 1.55. The predicted octanol–water partition coefficient (Wildman–Crippen LogP) is 7.89. The van der Waals surface area contributed by atoms with E-state index in [0.29, 0.717) is 32.2 Å².